The van der Waals surface area contributed by atoms with E-state index in [1.54, 1.807) is 17.0 Å². The molecule has 4 aromatic rings. The molecule has 5 heterocycles. The number of Topliss-reactive ketones (excluding diaryl/α,β-unsaturated/α-hetero) is 1. The molecule has 2 amide bonds. The molecule has 0 N–H and O–H groups in total. The standard InChI is InChI=1S/C30H30FN5O2/c1-19-7-10-33(11-8-19)30(38)35-13-12-34-18-24(23-15-21(31)14-20(17-35)29(23)34)22-5-6-26(37)28(22)25-16-32-27-4-2-3-9-36(25)27/h2-4,9,14-16,18-19H,5-8,10-13,17H2,1H3/i7D2,8D2,10D2,11D2,19D. The summed E-state index contributed by atoms with van der Waals surface area (Å²) in [6.07, 6.45) is -0.740. The third-order valence-electron chi connectivity index (χ3n) is 7.34. The molecule has 0 radical (unpaired) electrons. The fourth-order valence-electron chi connectivity index (χ4n) is 5.62. The average Bonchev–Trinajstić information content (AvgIpc) is 3.64. The lowest BCUT2D eigenvalue weighted by Crippen LogP contribution is -2.46. The van der Waals surface area contributed by atoms with Crippen LogP contribution < -0.4 is 0 Å². The SMILES string of the molecule is [2H]C1([2H])N(C(=O)N2CCn3cc(C4=C(c5cnc6ccccn56)C(=O)CC4)c4cc(F)cc(c43)C2)C([2H])([2H])C([2H])([2H])C([2H])(C)C1([2H])[2H]. The topological polar surface area (TPSA) is 62.9 Å². The number of hydrogen-bond acceptors (Lipinski definition) is 3. The number of benzene rings is 1. The van der Waals surface area contributed by atoms with Gasteiger partial charge in [0.15, 0.2) is 5.78 Å². The molecule has 1 aromatic carbocycles. The molecule has 0 saturated carbocycles. The number of allylic oxidation sites excluding steroid dienone is 2. The average molecular weight is 521 g/mol. The molecule has 8 heteroatoms. The number of nitrogens with zero attached hydrogens (tertiary/aromatic N) is 5. The van der Waals surface area contributed by atoms with E-state index < -0.39 is 43.5 Å². The Bertz CT molecular complexity index is 2020. The van der Waals surface area contributed by atoms with Crippen LogP contribution in [0.4, 0.5) is 9.18 Å². The summed E-state index contributed by atoms with van der Waals surface area (Å²) in [4.78, 5) is 32.7. The first-order chi connectivity index (χ1) is 21.8. The number of halogens is 1. The number of urea groups is 1. The lowest BCUT2D eigenvalue weighted by molar-refractivity contribution is -0.113. The summed E-state index contributed by atoms with van der Waals surface area (Å²) in [5.41, 5.74) is 4.03. The van der Waals surface area contributed by atoms with Crippen LogP contribution in [0.2, 0.25) is 0 Å². The van der Waals surface area contributed by atoms with Gasteiger partial charge in [-0.25, -0.2) is 14.2 Å². The van der Waals surface area contributed by atoms with Crippen molar-refractivity contribution in [1.29, 1.82) is 0 Å². The largest absolute Gasteiger partial charge is 0.345 e. The second kappa shape index (κ2) is 8.82. The zero-order valence-corrected chi connectivity index (χ0v) is 20.6. The Kier molecular flexibility index (Phi) is 3.59. The molecule has 1 fully saturated rings. The van der Waals surface area contributed by atoms with E-state index in [0.717, 1.165) is 17.4 Å². The number of pyridine rings is 1. The second-order valence-corrected chi connectivity index (χ2v) is 9.68. The Morgan fingerprint density at radius 2 is 2.00 bits per heavy atom. The van der Waals surface area contributed by atoms with Gasteiger partial charge in [0.05, 0.1) is 17.4 Å². The van der Waals surface area contributed by atoms with Crippen LogP contribution >= 0.6 is 0 Å². The predicted molar refractivity (Wildman–Crippen MR) is 144 cm³/mol. The summed E-state index contributed by atoms with van der Waals surface area (Å²) >= 11 is 0. The third kappa shape index (κ3) is 3.65. The summed E-state index contributed by atoms with van der Waals surface area (Å²) in [5, 5.41) is 0.492. The van der Waals surface area contributed by atoms with Gasteiger partial charge in [-0.15, -0.1) is 0 Å². The number of likely N-dealkylation sites (tertiary alicyclic amines) is 1. The highest BCUT2D eigenvalue weighted by molar-refractivity contribution is 6.31. The Balaban J connectivity index is 1.32. The first kappa shape index (κ1) is 15.5. The number of amides is 2. The Hall–Kier alpha value is -3.94. The van der Waals surface area contributed by atoms with Crippen molar-refractivity contribution >= 4 is 39.5 Å². The van der Waals surface area contributed by atoms with E-state index in [1.807, 2.05) is 28.8 Å². The van der Waals surface area contributed by atoms with Crippen molar-refractivity contribution in [1.82, 2.24) is 23.8 Å². The fraction of sp³-hybridized carbons (Fsp3) is 0.367. The van der Waals surface area contributed by atoms with E-state index >= 15 is 4.39 Å². The van der Waals surface area contributed by atoms with E-state index in [0.29, 0.717) is 45.4 Å². The lowest BCUT2D eigenvalue weighted by Gasteiger charge is -2.34. The number of ketones is 1. The van der Waals surface area contributed by atoms with Gasteiger partial charge in [0, 0.05) is 80.3 Å². The number of carbonyl (C=O) groups is 2. The molecule has 0 atom stereocenters. The summed E-state index contributed by atoms with van der Waals surface area (Å²) in [6, 6.07) is 6.74. The number of fused-ring (bicyclic) bond motifs is 1. The number of aromatic nitrogens is 3. The number of hydrogen-bond donors (Lipinski definition) is 0. The molecule has 0 bridgehead atoms. The monoisotopic (exact) mass is 520 g/mol. The van der Waals surface area contributed by atoms with Gasteiger partial charge < -0.3 is 14.4 Å². The normalized spacial score (nSPS) is 28.4. The van der Waals surface area contributed by atoms with Crippen molar-refractivity contribution in [2.75, 3.05) is 19.5 Å². The molecule has 194 valence electrons. The minimum absolute atomic E-state index is 0.0689. The van der Waals surface area contributed by atoms with Crippen LogP contribution in [0.3, 0.4) is 0 Å². The van der Waals surface area contributed by atoms with Crippen LogP contribution in [0.5, 0.6) is 0 Å². The molecule has 2 aliphatic heterocycles. The van der Waals surface area contributed by atoms with Gasteiger partial charge in [0.2, 0.25) is 0 Å². The molecule has 1 aliphatic carbocycles. The molecule has 3 aliphatic rings. The second-order valence-electron chi connectivity index (χ2n) is 9.68. The third-order valence-corrected chi connectivity index (χ3v) is 7.34. The van der Waals surface area contributed by atoms with Crippen LogP contribution in [0.1, 0.15) is 61.7 Å². The molecule has 7 rings (SSSR count). The summed E-state index contributed by atoms with van der Waals surface area (Å²) in [7, 11) is 0. The number of piperidine rings is 1. The van der Waals surface area contributed by atoms with Crippen molar-refractivity contribution in [2.24, 2.45) is 5.89 Å². The highest BCUT2D eigenvalue weighted by Crippen LogP contribution is 2.42. The van der Waals surface area contributed by atoms with E-state index in [-0.39, 0.29) is 36.7 Å². The summed E-state index contributed by atoms with van der Waals surface area (Å²) in [5.74, 6) is -3.62. The number of carbonyl (C=O) groups excluding carboxylic acids is 2. The fourth-order valence-corrected chi connectivity index (χ4v) is 5.62. The smallest absolute Gasteiger partial charge is 0.320 e. The minimum Gasteiger partial charge on any atom is -0.345 e. The Morgan fingerprint density at radius 3 is 2.84 bits per heavy atom. The molecular weight excluding hydrogens is 481 g/mol. The maximum absolute atomic E-state index is 15.3. The van der Waals surface area contributed by atoms with Gasteiger partial charge in [0.25, 0.3) is 0 Å². The maximum Gasteiger partial charge on any atom is 0.320 e. The van der Waals surface area contributed by atoms with Crippen LogP contribution in [0.25, 0.3) is 27.7 Å². The molecule has 0 unspecified atom stereocenters. The van der Waals surface area contributed by atoms with E-state index in [9.17, 15) is 9.59 Å². The molecule has 7 nitrogen and oxygen atoms in total. The molecular formula is C30H30FN5O2. The van der Waals surface area contributed by atoms with Gasteiger partial charge in [-0.3, -0.25) is 9.20 Å². The summed E-state index contributed by atoms with van der Waals surface area (Å²) in [6.45, 7) is -6.44. The van der Waals surface area contributed by atoms with Gasteiger partial charge >= 0.3 is 6.03 Å². The first-order valence-electron chi connectivity index (χ1n) is 16.9. The van der Waals surface area contributed by atoms with Crippen molar-refractivity contribution in [3.63, 3.8) is 0 Å². The van der Waals surface area contributed by atoms with Crippen LogP contribution in [-0.4, -0.2) is 55.1 Å². The van der Waals surface area contributed by atoms with Gasteiger partial charge in [-0.05, 0) is 60.5 Å². The van der Waals surface area contributed by atoms with Crippen molar-refractivity contribution in [3.05, 3.63) is 71.6 Å². The molecule has 3 aromatic heterocycles. The molecule has 38 heavy (non-hydrogen) atoms. The van der Waals surface area contributed by atoms with E-state index in [2.05, 4.69) is 4.98 Å². The van der Waals surface area contributed by atoms with Crippen molar-refractivity contribution in [3.8, 4) is 0 Å². The number of imidazole rings is 1. The van der Waals surface area contributed by atoms with Crippen LogP contribution in [0.15, 0.2) is 48.9 Å². The molecule has 0 spiro atoms. The predicted octanol–water partition coefficient (Wildman–Crippen LogP) is 5.37. The zero-order chi connectivity index (χ0) is 34.1. The highest BCUT2D eigenvalue weighted by Gasteiger charge is 2.32. The number of rotatable bonds is 2. The van der Waals surface area contributed by atoms with E-state index in [4.69, 9.17) is 12.3 Å². The first-order valence-corrected chi connectivity index (χ1v) is 12.4. The Labute approximate surface area is 232 Å². The van der Waals surface area contributed by atoms with Crippen LogP contribution in [-0.2, 0) is 17.9 Å². The lowest BCUT2D eigenvalue weighted by atomic mass is 9.98. The molecule has 1 saturated heterocycles. The zero-order valence-electron chi connectivity index (χ0n) is 29.6. The van der Waals surface area contributed by atoms with E-state index in [1.165, 1.54) is 12.1 Å². The van der Waals surface area contributed by atoms with Gasteiger partial charge in [-0.1, -0.05) is 13.0 Å². The minimum atomic E-state index is -3.43. The maximum atomic E-state index is 15.3. The summed E-state index contributed by atoms with van der Waals surface area (Å²) < 4.78 is 95.0. The highest BCUT2D eigenvalue weighted by atomic mass is 19.1. The van der Waals surface area contributed by atoms with Gasteiger partial charge in [-0.2, -0.15) is 0 Å². The Morgan fingerprint density at radius 1 is 1.16 bits per heavy atom. The van der Waals surface area contributed by atoms with Crippen molar-refractivity contribution in [2.45, 2.75) is 45.6 Å². The van der Waals surface area contributed by atoms with Gasteiger partial charge in [0.1, 0.15) is 11.5 Å². The van der Waals surface area contributed by atoms with Crippen LogP contribution in [0, 0.1) is 11.7 Å². The van der Waals surface area contributed by atoms with Crippen molar-refractivity contribution < 1.29 is 26.3 Å². The quantitative estimate of drug-likeness (QED) is 0.357.